The Balaban J connectivity index is 2.21. The number of anilines is 1. The summed E-state index contributed by atoms with van der Waals surface area (Å²) in [6, 6.07) is 8.10. The smallest absolute Gasteiger partial charge is 0.230 e. The highest BCUT2D eigenvalue weighted by atomic mass is 16.5. The molecule has 1 aromatic rings. The highest BCUT2D eigenvalue weighted by Crippen LogP contribution is 2.31. The zero-order chi connectivity index (χ0) is 15.2. The van der Waals surface area contributed by atoms with Crippen LogP contribution in [0, 0.1) is 5.92 Å². The third kappa shape index (κ3) is 3.97. The van der Waals surface area contributed by atoms with Gasteiger partial charge in [-0.15, -0.1) is 0 Å². The number of rotatable bonds is 6. The molecule has 21 heavy (non-hydrogen) atoms. The fraction of sp³-hybridized carbons (Fsp3) is 0.588. The number of amides is 1. The van der Waals surface area contributed by atoms with Crippen LogP contribution < -0.4 is 15.0 Å². The summed E-state index contributed by atoms with van der Waals surface area (Å²) in [4.78, 5) is 14.3. The normalized spacial score (nSPS) is 16.4. The molecule has 2 rings (SSSR count). The number of carbonyl (C=O) groups excluding carboxylic acids is 1. The second-order valence-electron chi connectivity index (χ2n) is 5.88. The molecule has 1 heterocycles. The number of nitrogens with zero attached hydrogens (tertiary/aromatic N) is 1. The molecule has 0 saturated carbocycles. The van der Waals surface area contributed by atoms with Crippen molar-refractivity contribution in [3.8, 4) is 5.75 Å². The van der Waals surface area contributed by atoms with Crippen molar-refractivity contribution in [3.05, 3.63) is 24.3 Å². The number of hydrogen-bond acceptors (Lipinski definition) is 3. The first-order chi connectivity index (χ1) is 10.1. The van der Waals surface area contributed by atoms with Gasteiger partial charge < -0.3 is 15.0 Å². The number of carbonyl (C=O) groups is 1. The van der Waals surface area contributed by atoms with Gasteiger partial charge in [0.1, 0.15) is 5.75 Å². The number of ether oxygens (including phenoxy) is 1. The van der Waals surface area contributed by atoms with Crippen LogP contribution >= 0.6 is 0 Å². The second kappa shape index (κ2) is 7.46. The van der Waals surface area contributed by atoms with E-state index in [1.54, 1.807) is 0 Å². The molecule has 0 aromatic heterocycles. The maximum Gasteiger partial charge on any atom is 0.230 e. The van der Waals surface area contributed by atoms with E-state index in [0.717, 1.165) is 24.4 Å². The van der Waals surface area contributed by atoms with Crippen molar-refractivity contribution in [2.75, 3.05) is 24.6 Å². The van der Waals surface area contributed by atoms with Crippen LogP contribution in [0.5, 0.6) is 5.75 Å². The fourth-order valence-corrected chi connectivity index (χ4v) is 2.56. The Morgan fingerprint density at radius 2 is 2.10 bits per heavy atom. The molecule has 4 nitrogen and oxygen atoms in total. The van der Waals surface area contributed by atoms with Crippen LogP contribution in [0.25, 0.3) is 0 Å². The average molecular weight is 290 g/mol. The third-order valence-electron chi connectivity index (χ3n) is 3.87. The molecule has 1 atom stereocenters. The van der Waals surface area contributed by atoms with Gasteiger partial charge in [0.15, 0.2) is 0 Å². The third-order valence-corrected chi connectivity index (χ3v) is 3.87. The van der Waals surface area contributed by atoms with E-state index in [9.17, 15) is 4.79 Å². The minimum absolute atomic E-state index is 0.142. The first kappa shape index (κ1) is 15.8. The standard InChI is InChI=1S/C17H26N2O2/c1-4-10-18-14(13(2)3)12-19-15-7-5-6-8-16(15)21-11-9-17(19)20/h5-8,13-14,18H,4,9-12H2,1-3H3. The Bertz CT molecular complexity index is 474. The van der Waals surface area contributed by atoms with E-state index in [1.165, 1.54) is 0 Å². The van der Waals surface area contributed by atoms with Crippen LogP contribution in [0.1, 0.15) is 33.6 Å². The van der Waals surface area contributed by atoms with Crippen molar-refractivity contribution in [2.45, 2.75) is 39.7 Å². The molecule has 1 N–H and O–H groups in total. The predicted molar refractivity (Wildman–Crippen MR) is 85.8 cm³/mol. The first-order valence-corrected chi connectivity index (χ1v) is 7.89. The van der Waals surface area contributed by atoms with Gasteiger partial charge in [0.2, 0.25) is 5.91 Å². The van der Waals surface area contributed by atoms with Crippen molar-refractivity contribution in [3.63, 3.8) is 0 Å². The van der Waals surface area contributed by atoms with Crippen molar-refractivity contribution in [1.82, 2.24) is 5.32 Å². The van der Waals surface area contributed by atoms with E-state index in [-0.39, 0.29) is 5.91 Å². The molecule has 1 unspecified atom stereocenters. The zero-order valence-corrected chi connectivity index (χ0v) is 13.3. The predicted octanol–water partition coefficient (Wildman–Crippen LogP) is 2.83. The summed E-state index contributed by atoms with van der Waals surface area (Å²) in [5.41, 5.74) is 0.893. The lowest BCUT2D eigenvalue weighted by molar-refractivity contribution is -0.118. The molecular weight excluding hydrogens is 264 g/mol. The van der Waals surface area contributed by atoms with Gasteiger partial charge in [-0.05, 0) is 31.0 Å². The maximum atomic E-state index is 12.4. The fourth-order valence-electron chi connectivity index (χ4n) is 2.56. The molecule has 0 fully saturated rings. The molecule has 1 aliphatic heterocycles. The van der Waals surface area contributed by atoms with E-state index >= 15 is 0 Å². The van der Waals surface area contributed by atoms with E-state index < -0.39 is 0 Å². The van der Waals surface area contributed by atoms with Gasteiger partial charge in [-0.25, -0.2) is 0 Å². The van der Waals surface area contributed by atoms with Crippen LogP contribution in [0.3, 0.4) is 0 Å². The van der Waals surface area contributed by atoms with Crippen molar-refractivity contribution < 1.29 is 9.53 Å². The monoisotopic (exact) mass is 290 g/mol. The Hall–Kier alpha value is -1.55. The molecule has 0 bridgehead atoms. The highest BCUT2D eigenvalue weighted by Gasteiger charge is 2.26. The van der Waals surface area contributed by atoms with Crippen molar-refractivity contribution in [1.29, 1.82) is 0 Å². The van der Waals surface area contributed by atoms with Gasteiger partial charge in [-0.1, -0.05) is 32.9 Å². The van der Waals surface area contributed by atoms with Gasteiger partial charge in [0.25, 0.3) is 0 Å². The van der Waals surface area contributed by atoms with Gasteiger partial charge in [0, 0.05) is 12.6 Å². The van der Waals surface area contributed by atoms with Crippen molar-refractivity contribution in [2.24, 2.45) is 5.92 Å². The molecule has 4 heteroatoms. The number of nitrogens with one attached hydrogen (secondary N) is 1. The summed E-state index contributed by atoms with van der Waals surface area (Å²) in [5.74, 6) is 1.42. The average Bonchev–Trinajstić information content (AvgIpc) is 2.62. The Morgan fingerprint density at radius 1 is 1.33 bits per heavy atom. The Labute approximate surface area is 127 Å². The van der Waals surface area contributed by atoms with E-state index in [0.29, 0.717) is 31.5 Å². The molecule has 0 saturated heterocycles. The second-order valence-corrected chi connectivity index (χ2v) is 5.88. The highest BCUT2D eigenvalue weighted by molar-refractivity contribution is 5.95. The summed E-state index contributed by atoms with van der Waals surface area (Å²) in [7, 11) is 0. The lowest BCUT2D eigenvalue weighted by Crippen LogP contribution is -2.46. The maximum absolute atomic E-state index is 12.4. The number of benzene rings is 1. The molecule has 0 aliphatic carbocycles. The summed E-state index contributed by atoms with van der Waals surface area (Å²) < 4.78 is 5.69. The molecule has 0 spiro atoms. The zero-order valence-electron chi connectivity index (χ0n) is 13.3. The van der Waals surface area contributed by atoms with Gasteiger partial charge >= 0.3 is 0 Å². The Morgan fingerprint density at radius 3 is 2.81 bits per heavy atom. The number of hydrogen-bond donors (Lipinski definition) is 1. The van der Waals surface area contributed by atoms with Crippen LogP contribution in [0.2, 0.25) is 0 Å². The van der Waals surface area contributed by atoms with Crippen LogP contribution in [0.4, 0.5) is 5.69 Å². The topological polar surface area (TPSA) is 41.6 Å². The Kier molecular flexibility index (Phi) is 5.62. The summed E-state index contributed by atoms with van der Waals surface area (Å²) in [6.45, 7) is 8.67. The minimum atomic E-state index is 0.142. The van der Waals surface area contributed by atoms with Crippen LogP contribution in [-0.2, 0) is 4.79 Å². The van der Waals surface area contributed by atoms with Gasteiger partial charge in [0.05, 0.1) is 18.7 Å². The lowest BCUT2D eigenvalue weighted by Gasteiger charge is -2.30. The van der Waals surface area contributed by atoms with Crippen LogP contribution in [0.15, 0.2) is 24.3 Å². The summed E-state index contributed by atoms with van der Waals surface area (Å²) >= 11 is 0. The molecular formula is C17H26N2O2. The minimum Gasteiger partial charge on any atom is -0.491 e. The van der Waals surface area contributed by atoms with E-state index in [1.807, 2.05) is 29.2 Å². The molecule has 0 radical (unpaired) electrons. The van der Waals surface area contributed by atoms with E-state index in [2.05, 4.69) is 26.1 Å². The quantitative estimate of drug-likeness (QED) is 0.876. The molecule has 1 aliphatic rings. The summed E-state index contributed by atoms with van der Waals surface area (Å²) in [5, 5.41) is 3.55. The largest absolute Gasteiger partial charge is 0.491 e. The number of para-hydroxylation sites is 2. The molecule has 116 valence electrons. The summed E-state index contributed by atoms with van der Waals surface area (Å²) in [6.07, 6.45) is 1.53. The lowest BCUT2D eigenvalue weighted by atomic mass is 10.0. The van der Waals surface area contributed by atoms with Crippen molar-refractivity contribution >= 4 is 11.6 Å². The number of fused-ring (bicyclic) bond motifs is 1. The van der Waals surface area contributed by atoms with E-state index in [4.69, 9.17) is 4.74 Å². The molecule has 1 aromatic carbocycles. The first-order valence-electron chi connectivity index (χ1n) is 7.89. The SMILES string of the molecule is CCCNC(CN1C(=O)CCOc2ccccc21)C(C)C. The van der Waals surface area contributed by atoms with Gasteiger partial charge in [-0.3, -0.25) is 4.79 Å². The van der Waals surface area contributed by atoms with Crippen LogP contribution in [-0.4, -0.2) is 31.6 Å². The van der Waals surface area contributed by atoms with Gasteiger partial charge in [-0.2, -0.15) is 0 Å². The molecule has 1 amide bonds.